The average molecular weight is 391 g/mol. The minimum Gasteiger partial charge on any atom is -0.497 e. The molecule has 0 aromatic heterocycles. The lowest BCUT2D eigenvalue weighted by Gasteiger charge is -2.27. The molecule has 1 fully saturated rings. The number of nitrogens with zero attached hydrogens (tertiary/aromatic N) is 1. The molecule has 2 aliphatic rings. The van der Waals surface area contributed by atoms with Crippen LogP contribution in [0.15, 0.2) is 66.2 Å². The molecule has 5 nitrogen and oxygen atoms in total. The molecular weight excluding hydrogens is 366 g/mol. The van der Waals surface area contributed by atoms with E-state index in [4.69, 9.17) is 9.47 Å². The summed E-state index contributed by atoms with van der Waals surface area (Å²) in [5.74, 6) is 0.410. The molecule has 1 aliphatic carbocycles. The van der Waals surface area contributed by atoms with Crippen LogP contribution in [0, 0.1) is 5.92 Å². The summed E-state index contributed by atoms with van der Waals surface area (Å²) in [6.45, 7) is 2.33. The number of hydrogen-bond donors (Lipinski definition) is 0. The van der Waals surface area contributed by atoms with Crippen LogP contribution in [0.2, 0.25) is 0 Å². The van der Waals surface area contributed by atoms with Gasteiger partial charge in [0.15, 0.2) is 5.78 Å². The number of ether oxygens (including phenoxy) is 2. The van der Waals surface area contributed by atoms with Gasteiger partial charge in [0.1, 0.15) is 5.75 Å². The fourth-order valence-corrected chi connectivity index (χ4v) is 4.12. The van der Waals surface area contributed by atoms with E-state index in [0.717, 1.165) is 11.1 Å². The van der Waals surface area contributed by atoms with Crippen LogP contribution < -0.4 is 4.74 Å². The number of amides is 1. The Kier molecular flexibility index (Phi) is 5.76. The van der Waals surface area contributed by atoms with E-state index in [9.17, 15) is 9.59 Å². The third kappa shape index (κ3) is 4.10. The molecule has 0 N–H and O–H groups in total. The molecule has 0 saturated carbocycles. The minimum atomic E-state index is -0.286. The van der Waals surface area contributed by atoms with Crippen molar-refractivity contribution in [2.75, 3.05) is 33.4 Å². The van der Waals surface area contributed by atoms with Crippen molar-refractivity contribution in [2.45, 2.75) is 12.3 Å². The zero-order valence-corrected chi connectivity index (χ0v) is 16.5. The number of ketones is 1. The van der Waals surface area contributed by atoms with Crippen LogP contribution in [-0.4, -0.2) is 50.0 Å². The molecule has 4 rings (SSSR count). The smallest absolute Gasteiger partial charge is 0.249 e. The Labute approximate surface area is 170 Å². The third-order valence-electron chi connectivity index (χ3n) is 5.72. The normalized spacial score (nSPS) is 21.6. The van der Waals surface area contributed by atoms with Crippen LogP contribution >= 0.6 is 0 Å². The first-order chi connectivity index (χ1) is 14.2. The monoisotopic (exact) mass is 391 g/mol. The molecule has 2 atom stereocenters. The lowest BCUT2D eigenvalue weighted by molar-refractivity contribution is -0.131. The van der Waals surface area contributed by atoms with Crippen LogP contribution in [0.4, 0.5) is 0 Å². The SMILES string of the molecule is COc1ccc(C(=O)[C@H]2CC(C(=O)N3CCOCC3)=C[C@@H]2c2ccccc2)cc1. The van der Waals surface area contributed by atoms with Crippen molar-refractivity contribution in [3.63, 3.8) is 0 Å². The number of benzene rings is 2. The molecule has 0 radical (unpaired) electrons. The maximum Gasteiger partial charge on any atom is 0.249 e. The lowest BCUT2D eigenvalue weighted by Crippen LogP contribution is -2.41. The standard InChI is InChI=1S/C24H25NO4/c1-28-20-9-7-18(8-10-20)23(26)22-16-19(24(27)25-11-13-29-14-12-25)15-21(22)17-5-3-2-4-6-17/h2-10,15,21-22H,11-14,16H2,1H3/t21-,22+/m1/s1. The van der Waals surface area contributed by atoms with Crippen molar-refractivity contribution in [3.8, 4) is 5.75 Å². The van der Waals surface area contributed by atoms with Gasteiger partial charge >= 0.3 is 0 Å². The molecule has 0 unspecified atom stereocenters. The zero-order chi connectivity index (χ0) is 20.2. The first-order valence-electron chi connectivity index (χ1n) is 9.98. The van der Waals surface area contributed by atoms with Gasteiger partial charge < -0.3 is 14.4 Å². The summed E-state index contributed by atoms with van der Waals surface area (Å²) in [6, 6.07) is 17.1. The van der Waals surface area contributed by atoms with E-state index in [1.807, 2.05) is 41.3 Å². The summed E-state index contributed by atoms with van der Waals surface area (Å²) in [6.07, 6.45) is 2.46. The molecule has 29 heavy (non-hydrogen) atoms. The van der Waals surface area contributed by atoms with Crippen molar-refractivity contribution in [2.24, 2.45) is 5.92 Å². The van der Waals surface area contributed by atoms with Crippen molar-refractivity contribution in [1.29, 1.82) is 0 Å². The second kappa shape index (κ2) is 8.62. The van der Waals surface area contributed by atoms with Crippen LogP contribution in [0.25, 0.3) is 0 Å². The summed E-state index contributed by atoms with van der Waals surface area (Å²) in [5, 5.41) is 0. The highest BCUT2D eigenvalue weighted by Gasteiger charge is 2.38. The van der Waals surface area contributed by atoms with Gasteiger partial charge in [0.2, 0.25) is 5.91 Å². The van der Waals surface area contributed by atoms with Gasteiger partial charge in [-0.1, -0.05) is 36.4 Å². The summed E-state index contributed by atoms with van der Waals surface area (Å²) in [5.41, 5.74) is 2.43. The number of rotatable bonds is 5. The lowest BCUT2D eigenvalue weighted by atomic mass is 9.83. The predicted molar refractivity (Wildman–Crippen MR) is 110 cm³/mol. The largest absolute Gasteiger partial charge is 0.497 e. The fourth-order valence-electron chi connectivity index (χ4n) is 4.12. The highest BCUT2D eigenvalue weighted by Crippen LogP contribution is 2.41. The van der Waals surface area contributed by atoms with Crippen LogP contribution in [0.3, 0.4) is 0 Å². The molecule has 1 saturated heterocycles. The molecular formula is C24H25NO4. The first-order valence-corrected chi connectivity index (χ1v) is 9.98. The van der Waals surface area contributed by atoms with Crippen LogP contribution in [-0.2, 0) is 9.53 Å². The van der Waals surface area contributed by atoms with Gasteiger partial charge in [0.25, 0.3) is 0 Å². The van der Waals surface area contributed by atoms with Gasteiger partial charge in [-0.25, -0.2) is 0 Å². The number of carbonyl (C=O) groups excluding carboxylic acids is 2. The Balaban J connectivity index is 1.61. The summed E-state index contributed by atoms with van der Waals surface area (Å²) >= 11 is 0. The maximum atomic E-state index is 13.4. The number of allylic oxidation sites excluding steroid dienone is 1. The fraction of sp³-hybridized carbons (Fsp3) is 0.333. The summed E-state index contributed by atoms with van der Waals surface area (Å²) in [7, 11) is 1.60. The van der Waals surface area contributed by atoms with Crippen LogP contribution in [0.5, 0.6) is 5.75 Å². The zero-order valence-electron chi connectivity index (χ0n) is 16.5. The second-order valence-electron chi connectivity index (χ2n) is 7.44. The van der Waals surface area contributed by atoms with E-state index in [-0.39, 0.29) is 23.5 Å². The summed E-state index contributed by atoms with van der Waals surface area (Å²) in [4.78, 5) is 28.2. The van der Waals surface area contributed by atoms with Gasteiger partial charge in [-0.15, -0.1) is 0 Å². The van der Waals surface area contributed by atoms with Gasteiger partial charge in [-0.2, -0.15) is 0 Å². The third-order valence-corrected chi connectivity index (χ3v) is 5.72. The molecule has 1 heterocycles. The summed E-state index contributed by atoms with van der Waals surface area (Å²) < 4.78 is 10.6. The second-order valence-corrected chi connectivity index (χ2v) is 7.44. The Morgan fingerprint density at radius 2 is 1.69 bits per heavy atom. The highest BCUT2D eigenvalue weighted by atomic mass is 16.5. The van der Waals surface area contributed by atoms with Crippen molar-refractivity contribution < 1.29 is 19.1 Å². The van der Waals surface area contributed by atoms with Gasteiger partial charge in [0, 0.05) is 36.1 Å². The van der Waals surface area contributed by atoms with Gasteiger partial charge in [0.05, 0.1) is 20.3 Å². The molecule has 2 aromatic rings. The molecule has 0 spiro atoms. The van der Waals surface area contributed by atoms with E-state index < -0.39 is 0 Å². The molecule has 1 aliphatic heterocycles. The average Bonchev–Trinajstić information content (AvgIpc) is 3.25. The number of methoxy groups -OCH3 is 1. The van der Waals surface area contributed by atoms with Crippen molar-refractivity contribution in [3.05, 3.63) is 77.4 Å². The number of morpholine rings is 1. The Hall–Kier alpha value is -2.92. The van der Waals surface area contributed by atoms with Crippen molar-refractivity contribution in [1.82, 2.24) is 4.90 Å². The molecule has 0 bridgehead atoms. The Bertz CT molecular complexity index is 898. The van der Waals surface area contributed by atoms with E-state index in [0.29, 0.717) is 44.0 Å². The number of hydrogen-bond acceptors (Lipinski definition) is 4. The first kappa shape index (κ1) is 19.4. The van der Waals surface area contributed by atoms with Crippen LogP contribution in [0.1, 0.15) is 28.3 Å². The van der Waals surface area contributed by atoms with E-state index in [1.165, 1.54) is 0 Å². The van der Waals surface area contributed by atoms with E-state index in [1.54, 1.807) is 31.4 Å². The maximum absolute atomic E-state index is 13.4. The van der Waals surface area contributed by atoms with E-state index >= 15 is 0 Å². The molecule has 5 heteroatoms. The van der Waals surface area contributed by atoms with Crippen molar-refractivity contribution >= 4 is 11.7 Å². The minimum absolute atomic E-state index is 0.0271. The predicted octanol–water partition coefficient (Wildman–Crippen LogP) is 3.47. The highest BCUT2D eigenvalue weighted by molar-refractivity contribution is 6.02. The Morgan fingerprint density at radius 3 is 2.34 bits per heavy atom. The topological polar surface area (TPSA) is 55.8 Å². The van der Waals surface area contributed by atoms with Gasteiger partial charge in [-0.3, -0.25) is 9.59 Å². The van der Waals surface area contributed by atoms with Gasteiger partial charge in [-0.05, 0) is 36.2 Å². The number of Topliss-reactive ketones (excluding diaryl/α,β-unsaturated/α-hetero) is 1. The quantitative estimate of drug-likeness (QED) is 0.733. The Morgan fingerprint density at radius 1 is 1.00 bits per heavy atom. The number of carbonyl (C=O) groups is 2. The molecule has 1 amide bonds. The molecule has 150 valence electrons. The molecule has 2 aromatic carbocycles. The van der Waals surface area contributed by atoms with E-state index in [2.05, 4.69) is 0 Å².